The number of carbonyl (C=O) groups excluding carboxylic acids is 3. The highest BCUT2D eigenvalue weighted by molar-refractivity contribution is 8.00. The number of H-pyrrole nitrogens is 1. The summed E-state index contributed by atoms with van der Waals surface area (Å²) in [4.78, 5) is 57.3. The van der Waals surface area contributed by atoms with Crippen molar-refractivity contribution in [2.75, 3.05) is 18.6 Å². The molecular formula is C29H26N2O7S2. The molecule has 0 radical (unpaired) electrons. The summed E-state index contributed by atoms with van der Waals surface area (Å²) in [5.74, 6) is -1.52. The molecule has 2 aromatic carbocycles. The van der Waals surface area contributed by atoms with Crippen LogP contribution in [0.5, 0.6) is 11.5 Å². The lowest BCUT2D eigenvalue weighted by atomic mass is 9.68. The van der Waals surface area contributed by atoms with E-state index in [1.54, 1.807) is 49.0 Å². The van der Waals surface area contributed by atoms with E-state index < -0.39 is 17.8 Å². The summed E-state index contributed by atoms with van der Waals surface area (Å²) in [5.41, 5.74) is 1.73. The summed E-state index contributed by atoms with van der Waals surface area (Å²) in [7, 11) is 1.50. The predicted octanol–water partition coefficient (Wildman–Crippen LogP) is 4.01. The number of hydrogen-bond acceptors (Lipinski definition) is 9. The fourth-order valence-corrected chi connectivity index (χ4v) is 10.4. The first-order valence-corrected chi connectivity index (χ1v) is 14.9. The Balaban J connectivity index is 1.26. The van der Waals surface area contributed by atoms with Gasteiger partial charge in [0.1, 0.15) is 0 Å². The topological polar surface area (TPSA) is 126 Å². The fourth-order valence-electron chi connectivity index (χ4n) is 7.49. The number of hydrogen-bond donors (Lipinski definition) is 2. The highest BCUT2D eigenvalue weighted by Crippen LogP contribution is 2.68. The Morgan fingerprint density at radius 1 is 1.07 bits per heavy atom. The molecule has 1 saturated heterocycles. The van der Waals surface area contributed by atoms with Gasteiger partial charge in [-0.2, -0.15) is 0 Å². The van der Waals surface area contributed by atoms with Crippen LogP contribution in [0.1, 0.15) is 40.1 Å². The molecule has 3 heterocycles. The predicted molar refractivity (Wildman–Crippen MR) is 148 cm³/mol. The van der Waals surface area contributed by atoms with Gasteiger partial charge in [-0.3, -0.25) is 19.3 Å². The van der Waals surface area contributed by atoms with Crippen LogP contribution >= 0.6 is 23.1 Å². The maximum absolute atomic E-state index is 13.9. The number of aromatic amines is 1. The number of nitrogens with one attached hydrogen (secondary N) is 1. The first-order valence-electron chi connectivity index (χ1n) is 13.2. The van der Waals surface area contributed by atoms with E-state index >= 15 is 0 Å². The first-order chi connectivity index (χ1) is 19.3. The molecule has 2 amide bonds. The molecule has 2 N–H and O–H groups in total. The minimum absolute atomic E-state index is 0.0108. The molecule has 2 aliphatic heterocycles. The van der Waals surface area contributed by atoms with Crippen molar-refractivity contribution in [2.45, 2.75) is 29.5 Å². The number of thioether (sulfide) groups is 1. The number of fused-ring (bicyclic) bond motifs is 9. The number of methoxy groups -OCH3 is 1. The third kappa shape index (κ3) is 3.53. The zero-order valence-electron chi connectivity index (χ0n) is 21.7. The molecule has 4 aliphatic rings. The standard InChI is InChI=1S/C29H26N2O7S2/c1-3-38-28(35)12-4-7-14(8-5-12)31-26(33)21-15-11-16(22(21)27(31)34)23-20(15)19(24-25(39-23)30-29(36)40-24)13-6-9-17(32)18(10-13)37-2/h4-10,15-16,19-23,32H,3,11H2,1-2H3,(H,30,36)/t15-,16-,19+,20+,21+,22+,23-/m1/s1. The second-order valence-electron chi connectivity index (χ2n) is 10.7. The van der Waals surface area contributed by atoms with Crippen molar-refractivity contribution in [3.05, 3.63) is 68.1 Å². The number of imide groups is 1. The number of aromatic hydroxyl groups is 1. The molecule has 2 aliphatic carbocycles. The van der Waals surface area contributed by atoms with Crippen LogP contribution in [-0.2, 0) is 14.3 Å². The summed E-state index contributed by atoms with van der Waals surface area (Å²) in [6.07, 6.45) is 0.773. The van der Waals surface area contributed by atoms with E-state index in [9.17, 15) is 24.3 Å². The van der Waals surface area contributed by atoms with Crippen LogP contribution < -0.4 is 14.5 Å². The largest absolute Gasteiger partial charge is 0.504 e. The number of anilines is 1. The Morgan fingerprint density at radius 3 is 2.50 bits per heavy atom. The monoisotopic (exact) mass is 578 g/mol. The van der Waals surface area contributed by atoms with Gasteiger partial charge >= 0.3 is 10.8 Å². The van der Waals surface area contributed by atoms with Crippen molar-refractivity contribution in [1.82, 2.24) is 4.98 Å². The zero-order valence-corrected chi connectivity index (χ0v) is 23.3. The van der Waals surface area contributed by atoms with E-state index in [-0.39, 0.29) is 58.0 Å². The maximum atomic E-state index is 13.9. The number of aromatic nitrogens is 1. The Labute approximate surface area is 237 Å². The van der Waals surface area contributed by atoms with E-state index in [2.05, 4.69) is 4.98 Å². The normalized spacial score (nSPS) is 29.8. The van der Waals surface area contributed by atoms with Gasteiger partial charge in [-0.1, -0.05) is 17.4 Å². The molecule has 0 spiro atoms. The van der Waals surface area contributed by atoms with Crippen LogP contribution in [0.3, 0.4) is 0 Å². The lowest BCUT2D eigenvalue weighted by Crippen LogP contribution is -2.42. The molecule has 3 fully saturated rings. The van der Waals surface area contributed by atoms with Gasteiger partial charge in [0.15, 0.2) is 11.5 Å². The van der Waals surface area contributed by atoms with E-state index in [4.69, 9.17) is 9.47 Å². The maximum Gasteiger partial charge on any atom is 0.338 e. The smallest absolute Gasteiger partial charge is 0.338 e. The Hall–Kier alpha value is -3.57. The summed E-state index contributed by atoms with van der Waals surface area (Å²) < 4.78 is 10.4. The minimum atomic E-state index is -0.452. The fraction of sp³-hybridized carbons (Fsp3) is 0.379. The Morgan fingerprint density at radius 2 is 1.80 bits per heavy atom. The van der Waals surface area contributed by atoms with Gasteiger partial charge in [0.25, 0.3) is 0 Å². The van der Waals surface area contributed by atoms with Crippen molar-refractivity contribution in [3.8, 4) is 11.5 Å². The lowest BCUT2D eigenvalue weighted by Gasteiger charge is -2.43. The van der Waals surface area contributed by atoms with Gasteiger partial charge in [0.05, 0.1) is 41.8 Å². The number of amides is 2. The average Bonchev–Trinajstić information content (AvgIpc) is 3.68. The van der Waals surface area contributed by atoms with E-state index in [1.165, 1.54) is 23.3 Å². The van der Waals surface area contributed by atoms with Gasteiger partial charge in [0, 0.05) is 16.0 Å². The first kappa shape index (κ1) is 25.4. The number of phenolic OH excluding ortho intramolecular Hbond substituents is 1. The van der Waals surface area contributed by atoms with Gasteiger partial charge in [-0.05, 0) is 73.1 Å². The molecule has 40 heavy (non-hydrogen) atoms. The molecule has 2 bridgehead atoms. The van der Waals surface area contributed by atoms with Gasteiger partial charge in [-0.15, -0.1) is 11.8 Å². The Bertz CT molecular complexity index is 1610. The van der Waals surface area contributed by atoms with Crippen LogP contribution in [0.4, 0.5) is 5.69 Å². The third-order valence-corrected chi connectivity index (χ3v) is 11.5. The molecular weight excluding hydrogens is 552 g/mol. The highest BCUT2D eigenvalue weighted by atomic mass is 32.2. The van der Waals surface area contributed by atoms with Crippen molar-refractivity contribution in [2.24, 2.45) is 29.6 Å². The summed E-state index contributed by atoms with van der Waals surface area (Å²) in [5, 5.41) is 11.1. The van der Waals surface area contributed by atoms with Gasteiger partial charge in [-0.25, -0.2) is 4.79 Å². The van der Waals surface area contributed by atoms with E-state index in [1.807, 2.05) is 12.1 Å². The zero-order chi connectivity index (χ0) is 27.9. The Kier molecular flexibility index (Phi) is 5.87. The molecule has 7 atom stereocenters. The minimum Gasteiger partial charge on any atom is -0.504 e. The third-order valence-electron chi connectivity index (χ3n) is 8.92. The van der Waals surface area contributed by atoms with Crippen molar-refractivity contribution >= 4 is 46.6 Å². The van der Waals surface area contributed by atoms with E-state index in [0.29, 0.717) is 17.0 Å². The molecule has 7 rings (SSSR count). The van der Waals surface area contributed by atoms with Crippen LogP contribution in [0, 0.1) is 29.6 Å². The van der Waals surface area contributed by atoms with Crippen molar-refractivity contribution in [3.63, 3.8) is 0 Å². The SMILES string of the molecule is CCOC(=O)c1ccc(N2C(=O)[C@H]3[C@H]4C[C@@H]([C@@H]3C2=O)[C@H]2[C@H](c3ccc(O)c(OC)c3)c3sc(=O)[nH]c3S[C@H]42)cc1. The summed E-state index contributed by atoms with van der Waals surface area (Å²) >= 11 is 2.81. The molecule has 9 nitrogen and oxygen atoms in total. The number of nitrogens with zero attached hydrogens (tertiary/aromatic N) is 1. The summed E-state index contributed by atoms with van der Waals surface area (Å²) in [6.45, 7) is 1.99. The molecule has 11 heteroatoms. The lowest BCUT2D eigenvalue weighted by molar-refractivity contribution is -0.123. The number of phenols is 1. The van der Waals surface area contributed by atoms with Gasteiger partial charge in [0.2, 0.25) is 11.8 Å². The van der Waals surface area contributed by atoms with Crippen LogP contribution in [0.25, 0.3) is 0 Å². The number of benzene rings is 2. The molecule has 0 unspecified atom stereocenters. The summed E-state index contributed by atoms with van der Waals surface area (Å²) in [6, 6.07) is 11.7. The molecule has 3 aromatic rings. The number of thiazole rings is 1. The van der Waals surface area contributed by atoms with Gasteiger partial charge < -0.3 is 19.6 Å². The van der Waals surface area contributed by atoms with Crippen LogP contribution in [0.15, 0.2) is 52.3 Å². The number of ether oxygens (including phenoxy) is 2. The van der Waals surface area contributed by atoms with Crippen LogP contribution in [-0.4, -0.2) is 46.8 Å². The van der Waals surface area contributed by atoms with E-state index in [0.717, 1.165) is 21.9 Å². The number of esters is 1. The second-order valence-corrected chi connectivity index (χ2v) is 12.9. The van der Waals surface area contributed by atoms with Crippen LogP contribution in [0.2, 0.25) is 0 Å². The molecule has 1 aromatic heterocycles. The molecule has 2 saturated carbocycles. The van der Waals surface area contributed by atoms with Crippen molar-refractivity contribution < 1.29 is 29.0 Å². The number of carbonyl (C=O) groups is 3. The number of rotatable bonds is 5. The molecule has 206 valence electrons. The second kappa shape index (κ2) is 9.24. The van der Waals surface area contributed by atoms with Crippen molar-refractivity contribution in [1.29, 1.82) is 0 Å². The quantitative estimate of drug-likeness (QED) is 0.344. The average molecular weight is 579 g/mol. The highest BCUT2D eigenvalue weighted by Gasteiger charge is 2.69.